The highest BCUT2D eigenvalue weighted by atomic mass is 15.2. The summed E-state index contributed by atoms with van der Waals surface area (Å²) in [6.07, 6.45) is 1.21. The van der Waals surface area contributed by atoms with E-state index >= 15 is 0 Å². The summed E-state index contributed by atoms with van der Waals surface area (Å²) in [4.78, 5) is 2.51. The van der Waals surface area contributed by atoms with Crippen molar-refractivity contribution in [1.82, 2.24) is 0 Å². The molecule has 0 bridgehead atoms. The van der Waals surface area contributed by atoms with Gasteiger partial charge in [0.05, 0.1) is 0 Å². The summed E-state index contributed by atoms with van der Waals surface area (Å²) < 4.78 is 0. The Bertz CT molecular complexity index is 371. The molecule has 2 heteroatoms. The van der Waals surface area contributed by atoms with Crippen LogP contribution in [-0.2, 0) is 0 Å². The van der Waals surface area contributed by atoms with Crippen molar-refractivity contribution in [3.63, 3.8) is 0 Å². The Kier molecular flexibility index (Phi) is 2.94. The molecule has 0 radical (unpaired) electrons. The zero-order valence-corrected chi connectivity index (χ0v) is 10.5. The maximum Gasteiger partial charge on any atom is 0.0400 e. The molecule has 1 heterocycles. The van der Waals surface area contributed by atoms with Crippen LogP contribution in [0.3, 0.4) is 0 Å². The molecule has 1 aliphatic heterocycles. The summed E-state index contributed by atoms with van der Waals surface area (Å²) in [7, 11) is 0. The zero-order valence-electron chi connectivity index (χ0n) is 10.5. The summed E-state index contributed by atoms with van der Waals surface area (Å²) in [6, 6.07) is 8.62. The van der Waals surface area contributed by atoms with Gasteiger partial charge in [0.2, 0.25) is 0 Å². The number of nitrogens with two attached hydrogens (primary N) is 1. The summed E-state index contributed by atoms with van der Waals surface area (Å²) in [6.45, 7) is 8.71. The summed E-state index contributed by atoms with van der Waals surface area (Å²) in [5.74, 6) is 0.604. The van der Waals surface area contributed by atoms with Gasteiger partial charge in [-0.05, 0) is 51.3 Å². The number of rotatable bonds is 2. The number of benzene rings is 1. The van der Waals surface area contributed by atoms with Gasteiger partial charge in [-0.1, -0.05) is 18.2 Å². The highest BCUT2D eigenvalue weighted by molar-refractivity contribution is 5.56. The van der Waals surface area contributed by atoms with E-state index in [4.69, 9.17) is 5.73 Å². The van der Waals surface area contributed by atoms with Crippen molar-refractivity contribution in [3.8, 4) is 0 Å². The number of nitrogens with zero attached hydrogens (tertiary/aromatic N) is 1. The zero-order chi connectivity index (χ0) is 11.8. The fraction of sp³-hybridized carbons (Fsp3) is 0.571. The molecule has 0 spiro atoms. The first-order valence-corrected chi connectivity index (χ1v) is 6.10. The average Bonchev–Trinajstić information content (AvgIpc) is 2.54. The van der Waals surface area contributed by atoms with Gasteiger partial charge in [-0.2, -0.15) is 0 Å². The molecule has 2 rings (SSSR count). The topological polar surface area (TPSA) is 29.3 Å². The number of hydrogen-bond acceptors (Lipinski definition) is 2. The molecular weight excluding hydrogens is 196 g/mol. The lowest BCUT2D eigenvalue weighted by Crippen LogP contribution is -2.45. The van der Waals surface area contributed by atoms with Crippen molar-refractivity contribution in [3.05, 3.63) is 29.8 Å². The SMILES string of the molecule is Cc1ccccc1N1CCC(CN)C1(C)C. The van der Waals surface area contributed by atoms with Crippen LogP contribution in [0, 0.1) is 12.8 Å². The first-order chi connectivity index (χ1) is 7.57. The van der Waals surface area contributed by atoms with Gasteiger partial charge < -0.3 is 10.6 Å². The van der Waals surface area contributed by atoms with Crippen LogP contribution >= 0.6 is 0 Å². The molecule has 1 aromatic carbocycles. The third kappa shape index (κ3) is 1.71. The van der Waals surface area contributed by atoms with Crippen molar-refractivity contribution in [2.75, 3.05) is 18.0 Å². The second-order valence-electron chi connectivity index (χ2n) is 5.31. The third-order valence-corrected chi connectivity index (χ3v) is 4.09. The fourth-order valence-electron chi connectivity index (χ4n) is 2.85. The van der Waals surface area contributed by atoms with Gasteiger partial charge in [-0.25, -0.2) is 0 Å². The van der Waals surface area contributed by atoms with Gasteiger partial charge >= 0.3 is 0 Å². The number of anilines is 1. The lowest BCUT2D eigenvalue weighted by Gasteiger charge is -2.38. The van der Waals surface area contributed by atoms with Gasteiger partial charge in [0.15, 0.2) is 0 Å². The van der Waals surface area contributed by atoms with E-state index in [2.05, 4.69) is 49.9 Å². The standard InChI is InChI=1S/C14H22N2/c1-11-6-4-5-7-13(11)16-9-8-12(10-15)14(16,2)3/h4-7,12H,8-10,15H2,1-3H3. The van der Waals surface area contributed by atoms with E-state index in [-0.39, 0.29) is 5.54 Å². The van der Waals surface area contributed by atoms with Gasteiger partial charge in [-0.15, -0.1) is 0 Å². The van der Waals surface area contributed by atoms with Crippen LogP contribution in [0.5, 0.6) is 0 Å². The number of hydrogen-bond donors (Lipinski definition) is 1. The van der Waals surface area contributed by atoms with E-state index < -0.39 is 0 Å². The highest BCUT2D eigenvalue weighted by Crippen LogP contribution is 2.38. The van der Waals surface area contributed by atoms with E-state index in [9.17, 15) is 0 Å². The van der Waals surface area contributed by atoms with Crippen LogP contribution in [0.2, 0.25) is 0 Å². The Balaban J connectivity index is 2.33. The molecule has 16 heavy (non-hydrogen) atoms. The predicted molar refractivity (Wildman–Crippen MR) is 69.8 cm³/mol. The van der Waals surface area contributed by atoms with Crippen LogP contribution in [0.15, 0.2) is 24.3 Å². The van der Waals surface area contributed by atoms with E-state index in [0.717, 1.165) is 13.1 Å². The molecule has 2 N–H and O–H groups in total. The van der Waals surface area contributed by atoms with E-state index in [1.165, 1.54) is 17.7 Å². The first-order valence-electron chi connectivity index (χ1n) is 6.10. The lowest BCUT2D eigenvalue weighted by atomic mass is 9.88. The van der Waals surface area contributed by atoms with E-state index in [1.54, 1.807) is 0 Å². The monoisotopic (exact) mass is 218 g/mol. The van der Waals surface area contributed by atoms with Crippen molar-refractivity contribution < 1.29 is 0 Å². The Morgan fingerprint density at radius 2 is 2.06 bits per heavy atom. The molecule has 0 amide bonds. The Hall–Kier alpha value is -1.02. The minimum absolute atomic E-state index is 0.181. The summed E-state index contributed by atoms with van der Waals surface area (Å²) >= 11 is 0. The molecule has 0 aliphatic carbocycles. The highest BCUT2D eigenvalue weighted by Gasteiger charge is 2.40. The molecule has 1 fully saturated rings. The molecule has 1 aliphatic rings. The molecular formula is C14H22N2. The minimum Gasteiger partial charge on any atom is -0.366 e. The maximum absolute atomic E-state index is 5.86. The normalized spacial score (nSPS) is 23.8. The van der Waals surface area contributed by atoms with E-state index in [0.29, 0.717) is 5.92 Å². The van der Waals surface area contributed by atoms with Crippen LogP contribution < -0.4 is 10.6 Å². The molecule has 1 atom stereocenters. The van der Waals surface area contributed by atoms with Crippen LogP contribution in [0.1, 0.15) is 25.8 Å². The molecule has 1 saturated heterocycles. The molecule has 1 unspecified atom stereocenters. The van der Waals surface area contributed by atoms with Crippen molar-refractivity contribution in [1.29, 1.82) is 0 Å². The van der Waals surface area contributed by atoms with Gasteiger partial charge in [0.1, 0.15) is 0 Å². The largest absolute Gasteiger partial charge is 0.366 e. The van der Waals surface area contributed by atoms with Gasteiger partial charge in [0, 0.05) is 17.8 Å². The second-order valence-corrected chi connectivity index (χ2v) is 5.31. The summed E-state index contributed by atoms with van der Waals surface area (Å²) in [5, 5.41) is 0. The molecule has 2 nitrogen and oxygen atoms in total. The van der Waals surface area contributed by atoms with Crippen LogP contribution in [0.25, 0.3) is 0 Å². The van der Waals surface area contributed by atoms with Crippen molar-refractivity contribution in [2.24, 2.45) is 11.7 Å². The van der Waals surface area contributed by atoms with Gasteiger partial charge in [0.25, 0.3) is 0 Å². The Labute approximate surface area is 98.4 Å². The maximum atomic E-state index is 5.86. The van der Waals surface area contributed by atoms with Crippen LogP contribution in [0.4, 0.5) is 5.69 Å². The van der Waals surface area contributed by atoms with Crippen molar-refractivity contribution in [2.45, 2.75) is 32.7 Å². The number of para-hydroxylation sites is 1. The quantitative estimate of drug-likeness (QED) is 0.826. The lowest BCUT2D eigenvalue weighted by molar-refractivity contribution is 0.373. The second kappa shape index (κ2) is 4.10. The predicted octanol–water partition coefficient (Wildman–Crippen LogP) is 2.56. The fourth-order valence-corrected chi connectivity index (χ4v) is 2.85. The molecule has 0 saturated carbocycles. The molecule has 88 valence electrons. The first kappa shape index (κ1) is 11.5. The molecule has 1 aromatic rings. The van der Waals surface area contributed by atoms with Gasteiger partial charge in [-0.3, -0.25) is 0 Å². The average molecular weight is 218 g/mol. The van der Waals surface area contributed by atoms with Crippen molar-refractivity contribution >= 4 is 5.69 Å². The van der Waals surface area contributed by atoms with E-state index in [1.807, 2.05) is 0 Å². The van der Waals surface area contributed by atoms with Crippen LogP contribution in [-0.4, -0.2) is 18.6 Å². The summed E-state index contributed by atoms with van der Waals surface area (Å²) in [5.41, 5.74) is 8.76. The Morgan fingerprint density at radius 3 is 2.62 bits per heavy atom. The smallest absolute Gasteiger partial charge is 0.0400 e. The molecule has 0 aromatic heterocycles. The minimum atomic E-state index is 0.181. The Morgan fingerprint density at radius 1 is 1.38 bits per heavy atom. The number of aryl methyl sites for hydroxylation is 1. The third-order valence-electron chi connectivity index (χ3n) is 4.09.